The quantitative estimate of drug-likeness (QED) is 0.902. The smallest absolute Gasteiger partial charge is 0.105 e. The number of aryl methyl sites for hydroxylation is 2. The molecule has 21 heavy (non-hydrogen) atoms. The molecule has 1 saturated carbocycles. The number of hydrogen-bond donors (Lipinski definition) is 1. The van der Waals surface area contributed by atoms with Gasteiger partial charge in [-0.3, -0.25) is 5.32 Å². The van der Waals surface area contributed by atoms with Crippen molar-refractivity contribution in [3.8, 4) is 6.07 Å². The van der Waals surface area contributed by atoms with Crippen molar-refractivity contribution in [3.63, 3.8) is 0 Å². The minimum absolute atomic E-state index is 0.385. The molecule has 1 N–H and O–H groups in total. The summed E-state index contributed by atoms with van der Waals surface area (Å²) in [7, 11) is 0. The molecule has 1 aromatic carbocycles. The minimum Gasteiger partial charge on any atom is -0.371 e. The molecule has 0 saturated heterocycles. The molecule has 0 amide bonds. The Morgan fingerprint density at radius 2 is 2.24 bits per heavy atom. The standard InChI is InChI=1S/C18H25N3/c1-14-5-8-17-15(12-14)4-3-10-21(17)11-9-18(2,13-19)20-16-6-7-16/h5,8,12,16,20H,3-4,6-7,9-11H2,1-2H3. The molecule has 1 aliphatic carbocycles. The Balaban J connectivity index is 1.67. The SMILES string of the molecule is Cc1ccc2c(c1)CCCN2CCC(C)(C#N)NC1CC1. The second kappa shape index (κ2) is 5.69. The molecule has 0 aromatic heterocycles. The highest BCUT2D eigenvalue weighted by Crippen LogP contribution is 2.29. The average molecular weight is 283 g/mol. The molecule has 0 bridgehead atoms. The minimum atomic E-state index is -0.385. The first kappa shape index (κ1) is 14.4. The molecule has 1 heterocycles. The molecule has 2 aliphatic rings. The summed E-state index contributed by atoms with van der Waals surface area (Å²) in [5, 5.41) is 13.0. The summed E-state index contributed by atoms with van der Waals surface area (Å²) in [6.45, 7) is 6.28. The van der Waals surface area contributed by atoms with Crippen molar-refractivity contribution in [1.29, 1.82) is 5.26 Å². The molecule has 3 heteroatoms. The van der Waals surface area contributed by atoms with E-state index in [0.29, 0.717) is 6.04 Å². The molecule has 1 aromatic rings. The van der Waals surface area contributed by atoms with Crippen molar-refractivity contribution in [2.45, 2.75) is 57.5 Å². The van der Waals surface area contributed by atoms with Gasteiger partial charge in [0.05, 0.1) is 6.07 Å². The van der Waals surface area contributed by atoms with E-state index in [2.05, 4.69) is 41.4 Å². The van der Waals surface area contributed by atoms with Gasteiger partial charge in [-0.2, -0.15) is 5.26 Å². The molecule has 1 atom stereocenters. The Kier molecular flexibility index (Phi) is 3.91. The van der Waals surface area contributed by atoms with Crippen LogP contribution in [0.3, 0.4) is 0 Å². The van der Waals surface area contributed by atoms with Gasteiger partial charge in [-0.05, 0) is 57.6 Å². The summed E-state index contributed by atoms with van der Waals surface area (Å²) in [4.78, 5) is 2.46. The maximum absolute atomic E-state index is 9.49. The predicted molar refractivity (Wildman–Crippen MR) is 86.5 cm³/mol. The second-order valence-corrected chi connectivity index (χ2v) is 6.84. The highest BCUT2D eigenvalue weighted by Gasteiger charge is 2.33. The van der Waals surface area contributed by atoms with E-state index in [0.717, 1.165) is 19.5 Å². The van der Waals surface area contributed by atoms with Crippen molar-refractivity contribution in [1.82, 2.24) is 5.32 Å². The number of benzene rings is 1. The molecule has 0 spiro atoms. The zero-order valence-corrected chi connectivity index (χ0v) is 13.2. The summed E-state index contributed by atoms with van der Waals surface area (Å²) in [6.07, 6.45) is 5.73. The van der Waals surface area contributed by atoms with E-state index in [4.69, 9.17) is 0 Å². The Bertz CT molecular complexity index is 556. The monoisotopic (exact) mass is 283 g/mol. The maximum Gasteiger partial charge on any atom is 0.105 e. The van der Waals surface area contributed by atoms with Gasteiger partial charge in [0.2, 0.25) is 0 Å². The van der Waals surface area contributed by atoms with Crippen LogP contribution in [0.5, 0.6) is 0 Å². The Hall–Kier alpha value is -1.53. The van der Waals surface area contributed by atoms with Crippen molar-refractivity contribution >= 4 is 5.69 Å². The zero-order chi connectivity index (χ0) is 14.9. The first-order valence-electron chi connectivity index (χ1n) is 8.13. The Labute approximate surface area is 128 Å². The number of rotatable bonds is 5. The van der Waals surface area contributed by atoms with E-state index in [9.17, 15) is 5.26 Å². The number of nitrogens with one attached hydrogen (secondary N) is 1. The van der Waals surface area contributed by atoms with E-state index in [1.54, 1.807) is 0 Å². The first-order chi connectivity index (χ1) is 10.1. The molecule has 3 nitrogen and oxygen atoms in total. The summed E-state index contributed by atoms with van der Waals surface area (Å²) < 4.78 is 0. The second-order valence-electron chi connectivity index (χ2n) is 6.84. The van der Waals surface area contributed by atoms with Gasteiger partial charge in [0.25, 0.3) is 0 Å². The van der Waals surface area contributed by atoms with Crippen LogP contribution in [0.4, 0.5) is 5.69 Å². The summed E-state index contributed by atoms with van der Waals surface area (Å²) in [5.74, 6) is 0. The van der Waals surface area contributed by atoms with Crippen molar-refractivity contribution in [2.75, 3.05) is 18.0 Å². The largest absolute Gasteiger partial charge is 0.371 e. The van der Waals surface area contributed by atoms with Crippen molar-refractivity contribution in [2.24, 2.45) is 0 Å². The lowest BCUT2D eigenvalue weighted by atomic mass is 9.96. The molecule has 1 aliphatic heterocycles. The molecule has 112 valence electrons. The van der Waals surface area contributed by atoms with E-state index < -0.39 is 0 Å². The van der Waals surface area contributed by atoms with Gasteiger partial charge in [0.1, 0.15) is 5.54 Å². The Morgan fingerprint density at radius 1 is 1.43 bits per heavy atom. The van der Waals surface area contributed by atoms with E-state index in [-0.39, 0.29) is 5.54 Å². The molecular formula is C18H25N3. The van der Waals surface area contributed by atoms with Gasteiger partial charge in [-0.1, -0.05) is 17.7 Å². The van der Waals surface area contributed by atoms with Gasteiger partial charge >= 0.3 is 0 Å². The summed E-state index contributed by atoms with van der Waals surface area (Å²) >= 11 is 0. The van der Waals surface area contributed by atoms with Gasteiger partial charge in [0, 0.05) is 24.8 Å². The van der Waals surface area contributed by atoms with Crippen LogP contribution in [-0.2, 0) is 6.42 Å². The zero-order valence-electron chi connectivity index (χ0n) is 13.2. The molecule has 1 unspecified atom stereocenters. The fraction of sp³-hybridized carbons (Fsp3) is 0.611. The van der Waals surface area contributed by atoms with Crippen LogP contribution >= 0.6 is 0 Å². The predicted octanol–water partition coefficient (Wildman–Crippen LogP) is 3.17. The average Bonchev–Trinajstić information content (AvgIpc) is 3.28. The van der Waals surface area contributed by atoms with Crippen molar-refractivity contribution in [3.05, 3.63) is 29.3 Å². The summed E-state index contributed by atoms with van der Waals surface area (Å²) in [5.41, 5.74) is 3.80. The van der Waals surface area contributed by atoms with E-state index in [1.807, 2.05) is 6.92 Å². The maximum atomic E-state index is 9.49. The fourth-order valence-electron chi connectivity index (χ4n) is 3.23. The normalized spacial score (nSPS) is 20.5. The van der Waals surface area contributed by atoms with E-state index >= 15 is 0 Å². The van der Waals surface area contributed by atoms with Gasteiger partial charge in [-0.15, -0.1) is 0 Å². The Morgan fingerprint density at radius 3 is 2.95 bits per heavy atom. The molecular weight excluding hydrogens is 258 g/mol. The lowest BCUT2D eigenvalue weighted by Gasteiger charge is -2.34. The summed E-state index contributed by atoms with van der Waals surface area (Å²) in [6, 6.07) is 9.82. The van der Waals surface area contributed by atoms with Crippen LogP contribution in [-0.4, -0.2) is 24.7 Å². The number of anilines is 1. The third-order valence-electron chi connectivity index (χ3n) is 4.68. The van der Waals surface area contributed by atoms with Crippen LogP contribution in [0.2, 0.25) is 0 Å². The van der Waals surface area contributed by atoms with Crippen LogP contribution in [0.25, 0.3) is 0 Å². The van der Waals surface area contributed by atoms with Crippen LogP contribution < -0.4 is 10.2 Å². The molecule has 1 fully saturated rings. The van der Waals surface area contributed by atoms with E-state index in [1.165, 1.54) is 42.5 Å². The number of fused-ring (bicyclic) bond motifs is 1. The number of nitriles is 1. The van der Waals surface area contributed by atoms with Crippen LogP contribution in [0.1, 0.15) is 43.7 Å². The van der Waals surface area contributed by atoms with Gasteiger partial charge < -0.3 is 4.90 Å². The third-order valence-corrected chi connectivity index (χ3v) is 4.68. The van der Waals surface area contributed by atoms with Crippen LogP contribution in [0, 0.1) is 18.3 Å². The number of nitrogens with zero attached hydrogens (tertiary/aromatic N) is 2. The highest BCUT2D eigenvalue weighted by atomic mass is 15.1. The van der Waals surface area contributed by atoms with Crippen molar-refractivity contribution < 1.29 is 0 Å². The first-order valence-corrected chi connectivity index (χ1v) is 8.13. The fourth-order valence-corrected chi connectivity index (χ4v) is 3.23. The topological polar surface area (TPSA) is 39.1 Å². The number of hydrogen-bond acceptors (Lipinski definition) is 3. The third kappa shape index (κ3) is 3.39. The van der Waals surface area contributed by atoms with Gasteiger partial charge in [-0.25, -0.2) is 0 Å². The lowest BCUT2D eigenvalue weighted by molar-refractivity contribution is 0.412. The van der Waals surface area contributed by atoms with Gasteiger partial charge in [0.15, 0.2) is 0 Å². The molecule has 3 rings (SSSR count). The molecule has 0 radical (unpaired) electrons. The van der Waals surface area contributed by atoms with Crippen LogP contribution in [0.15, 0.2) is 18.2 Å². The highest BCUT2D eigenvalue weighted by molar-refractivity contribution is 5.56. The lowest BCUT2D eigenvalue weighted by Crippen LogP contribution is -2.45.